The Hall–Kier alpha value is -2.30. The molecule has 0 saturated carbocycles. The lowest BCUT2D eigenvalue weighted by molar-refractivity contribution is 0.0498. The molecule has 23 heavy (non-hydrogen) atoms. The highest BCUT2D eigenvalue weighted by Crippen LogP contribution is 2.21. The molecule has 0 amide bonds. The third-order valence-corrected chi connectivity index (χ3v) is 3.40. The van der Waals surface area contributed by atoms with Crippen LogP contribution in [-0.2, 0) is 4.74 Å². The molecular formula is C18H24N2O3. The van der Waals surface area contributed by atoms with E-state index in [9.17, 15) is 4.79 Å². The van der Waals surface area contributed by atoms with Crippen molar-refractivity contribution in [3.63, 3.8) is 0 Å². The number of nitrogens with one attached hydrogen (secondary N) is 1. The van der Waals surface area contributed by atoms with Gasteiger partial charge in [-0.15, -0.1) is 0 Å². The molecule has 0 saturated heterocycles. The SMILES string of the molecule is CCCCCOc1ccc(-c2cc(C(=O)OCCC)[nH]n2)cc1. The number of aromatic nitrogens is 2. The van der Waals surface area contributed by atoms with Gasteiger partial charge in [0.25, 0.3) is 0 Å². The van der Waals surface area contributed by atoms with Crippen molar-refractivity contribution in [2.45, 2.75) is 39.5 Å². The first-order chi connectivity index (χ1) is 11.2. The van der Waals surface area contributed by atoms with Crippen LogP contribution >= 0.6 is 0 Å². The fraction of sp³-hybridized carbons (Fsp3) is 0.444. The maximum Gasteiger partial charge on any atom is 0.356 e. The first kappa shape index (κ1) is 17.1. The van der Waals surface area contributed by atoms with Crippen molar-refractivity contribution < 1.29 is 14.3 Å². The Morgan fingerprint density at radius 3 is 2.57 bits per heavy atom. The molecule has 5 nitrogen and oxygen atoms in total. The van der Waals surface area contributed by atoms with Crippen molar-refractivity contribution in [2.24, 2.45) is 0 Å². The zero-order chi connectivity index (χ0) is 16.5. The van der Waals surface area contributed by atoms with Crippen LogP contribution in [0.2, 0.25) is 0 Å². The van der Waals surface area contributed by atoms with Gasteiger partial charge in [0.2, 0.25) is 0 Å². The van der Waals surface area contributed by atoms with Crippen molar-refractivity contribution in [2.75, 3.05) is 13.2 Å². The van der Waals surface area contributed by atoms with Crippen molar-refractivity contribution in [3.8, 4) is 17.0 Å². The van der Waals surface area contributed by atoms with Crippen molar-refractivity contribution in [1.82, 2.24) is 10.2 Å². The molecule has 0 spiro atoms. The molecule has 0 radical (unpaired) electrons. The van der Waals surface area contributed by atoms with Gasteiger partial charge in [-0.3, -0.25) is 5.10 Å². The van der Waals surface area contributed by atoms with Crippen LogP contribution in [0.15, 0.2) is 30.3 Å². The number of esters is 1. The molecule has 0 unspecified atom stereocenters. The summed E-state index contributed by atoms with van der Waals surface area (Å²) in [5.74, 6) is 0.476. The molecule has 5 heteroatoms. The van der Waals surface area contributed by atoms with Gasteiger partial charge in [0.15, 0.2) is 0 Å². The van der Waals surface area contributed by atoms with Crippen molar-refractivity contribution >= 4 is 5.97 Å². The minimum absolute atomic E-state index is 0.369. The van der Waals surface area contributed by atoms with Gasteiger partial charge >= 0.3 is 5.97 Å². The zero-order valence-corrected chi connectivity index (χ0v) is 13.8. The third kappa shape index (κ3) is 5.13. The maximum absolute atomic E-state index is 11.8. The summed E-state index contributed by atoms with van der Waals surface area (Å²) in [5, 5.41) is 6.89. The highest BCUT2D eigenvalue weighted by molar-refractivity contribution is 5.88. The summed E-state index contributed by atoms with van der Waals surface area (Å²) in [6.07, 6.45) is 4.24. The van der Waals surface area contributed by atoms with E-state index >= 15 is 0 Å². The average Bonchev–Trinajstić information content (AvgIpc) is 3.07. The van der Waals surface area contributed by atoms with Gasteiger partial charge in [-0.05, 0) is 43.2 Å². The number of carbonyl (C=O) groups is 1. The van der Waals surface area contributed by atoms with Gasteiger partial charge < -0.3 is 9.47 Å². The van der Waals surface area contributed by atoms with Gasteiger partial charge in [-0.25, -0.2) is 4.79 Å². The molecule has 0 bridgehead atoms. The Kier molecular flexibility index (Phi) is 6.66. The number of aromatic amines is 1. The number of carbonyl (C=O) groups excluding carboxylic acids is 1. The summed E-state index contributed by atoms with van der Waals surface area (Å²) in [6, 6.07) is 9.42. The van der Waals surface area contributed by atoms with Crippen LogP contribution in [0.1, 0.15) is 50.0 Å². The smallest absolute Gasteiger partial charge is 0.356 e. The molecule has 1 heterocycles. The summed E-state index contributed by atoms with van der Waals surface area (Å²) >= 11 is 0. The number of nitrogens with zero attached hydrogens (tertiary/aromatic N) is 1. The third-order valence-electron chi connectivity index (χ3n) is 3.40. The normalized spacial score (nSPS) is 10.5. The van der Waals surface area contributed by atoms with Gasteiger partial charge in [0.05, 0.1) is 18.9 Å². The molecule has 2 rings (SSSR count). The van der Waals surface area contributed by atoms with Gasteiger partial charge in [-0.1, -0.05) is 26.7 Å². The standard InChI is InChI=1S/C18H24N2O3/c1-3-5-6-12-22-15-9-7-14(8-10-15)16-13-17(20-19-16)18(21)23-11-4-2/h7-10,13H,3-6,11-12H2,1-2H3,(H,19,20). The first-order valence-corrected chi connectivity index (χ1v) is 8.20. The molecule has 1 aromatic heterocycles. The Balaban J connectivity index is 1.94. The predicted octanol–water partition coefficient (Wildman–Crippen LogP) is 4.21. The van der Waals surface area contributed by atoms with E-state index in [-0.39, 0.29) is 5.97 Å². The highest BCUT2D eigenvalue weighted by atomic mass is 16.5. The highest BCUT2D eigenvalue weighted by Gasteiger charge is 2.12. The van der Waals surface area contributed by atoms with E-state index in [0.717, 1.165) is 30.8 Å². The maximum atomic E-state index is 11.8. The summed E-state index contributed by atoms with van der Waals surface area (Å²) in [5.41, 5.74) is 2.01. The number of benzene rings is 1. The summed E-state index contributed by atoms with van der Waals surface area (Å²) in [6.45, 7) is 5.28. The number of unbranched alkanes of at least 4 members (excludes halogenated alkanes) is 2. The van der Waals surface area contributed by atoms with E-state index in [2.05, 4.69) is 17.1 Å². The Labute approximate surface area is 137 Å². The summed E-state index contributed by atoms with van der Waals surface area (Å²) < 4.78 is 10.8. The molecule has 124 valence electrons. The molecular weight excluding hydrogens is 292 g/mol. The number of rotatable bonds is 9. The van der Waals surface area contributed by atoms with E-state index in [1.54, 1.807) is 6.07 Å². The predicted molar refractivity (Wildman–Crippen MR) is 89.6 cm³/mol. The first-order valence-electron chi connectivity index (χ1n) is 8.20. The van der Waals surface area contributed by atoms with Crippen molar-refractivity contribution in [3.05, 3.63) is 36.0 Å². The fourth-order valence-corrected chi connectivity index (χ4v) is 2.11. The molecule has 0 aliphatic rings. The number of hydrogen-bond donors (Lipinski definition) is 1. The lowest BCUT2D eigenvalue weighted by atomic mass is 10.1. The van der Waals surface area contributed by atoms with E-state index in [1.165, 1.54) is 12.8 Å². The Morgan fingerprint density at radius 2 is 1.87 bits per heavy atom. The zero-order valence-electron chi connectivity index (χ0n) is 13.8. The summed E-state index contributed by atoms with van der Waals surface area (Å²) in [4.78, 5) is 11.8. The minimum Gasteiger partial charge on any atom is -0.494 e. The second-order valence-corrected chi connectivity index (χ2v) is 5.38. The van der Waals surface area contributed by atoms with E-state index in [0.29, 0.717) is 18.0 Å². The van der Waals surface area contributed by atoms with Crippen LogP contribution in [0, 0.1) is 0 Å². The molecule has 0 aliphatic heterocycles. The van der Waals surface area contributed by atoms with Crippen LogP contribution in [0.3, 0.4) is 0 Å². The van der Waals surface area contributed by atoms with Gasteiger partial charge in [0.1, 0.15) is 11.4 Å². The number of hydrogen-bond acceptors (Lipinski definition) is 4. The Bertz CT molecular complexity index is 605. The fourth-order valence-electron chi connectivity index (χ4n) is 2.11. The monoisotopic (exact) mass is 316 g/mol. The van der Waals surface area contributed by atoms with Crippen LogP contribution in [0.4, 0.5) is 0 Å². The van der Waals surface area contributed by atoms with E-state index in [4.69, 9.17) is 9.47 Å². The number of H-pyrrole nitrogens is 1. The molecule has 0 atom stereocenters. The Morgan fingerprint density at radius 1 is 1.09 bits per heavy atom. The average molecular weight is 316 g/mol. The molecule has 1 N–H and O–H groups in total. The van der Waals surface area contributed by atoms with Crippen LogP contribution in [-0.4, -0.2) is 29.4 Å². The van der Waals surface area contributed by atoms with E-state index in [1.807, 2.05) is 31.2 Å². The molecule has 1 aromatic carbocycles. The second-order valence-electron chi connectivity index (χ2n) is 5.38. The minimum atomic E-state index is -0.374. The van der Waals surface area contributed by atoms with Gasteiger partial charge in [0, 0.05) is 5.56 Å². The quantitative estimate of drug-likeness (QED) is 0.556. The van der Waals surface area contributed by atoms with Crippen LogP contribution < -0.4 is 4.74 Å². The molecule has 0 aliphatic carbocycles. The molecule has 2 aromatic rings. The van der Waals surface area contributed by atoms with Crippen molar-refractivity contribution in [1.29, 1.82) is 0 Å². The largest absolute Gasteiger partial charge is 0.494 e. The lowest BCUT2D eigenvalue weighted by Crippen LogP contribution is -2.06. The van der Waals surface area contributed by atoms with E-state index < -0.39 is 0 Å². The molecule has 0 fully saturated rings. The summed E-state index contributed by atoms with van der Waals surface area (Å²) in [7, 11) is 0. The van der Waals surface area contributed by atoms with Crippen LogP contribution in [0.5, 0.6) is 5.75 Å². The van der Waals surface area contributed by atoms with Gasteiger partial charge in [-0.2, -0.15) is 5.10 Å². The lowest BCUT2D eigenvalue weighted by Gasteiger charge is -2.06. The topological polar surface area (TPSA) is 64.2 Å². The number of ether oxygens (including phenoxy) is 2. The van der Waals surface area contributed by atoms with Crippen LogP contribution in [0.25, 0.3) is 11.3 Å². The second kappa shape index (κ2) is 8.98.